The number of aryl methyl sites for hydroxylation is 1. The number of carbonyl (C=O) groups excluding carboxylic acids is 1. The van der Waals surface area contributed by atoms with Gasteiger partial charge in [-0.3, -0.25) is 9.78 Å². The summed E-state index contributed by atoms with van der Waals surface area (Å²) in [7, 11) is 2.05. The predicted octanol–water partition coefficient (Wildman–Crippen LogP) is 2.82. The zero-order chi connectivity index (χ0) is 17.2. The molecule has 3 aromatic rings. The molecule has 1 saturated heterocycles. The molecule has 0 unspecified atom stereocenters. The van der Waals surface area contributed by atoms with Crippen LogP contribution in [0.2, 0.25) is 0 Å². The molecule has 6 nitrogen and oxygen atoms in total. The number of piperidine rings is 1. The lowest BCUT2D eigenvalue weighted by Gasteiger charge is -2.32. The van der Waals surface area contributed by atoms with Gasteiger partial charge in [-0.2, -0.15) is 0 Å². The molecule has 3 heterocycles. The number of fused-ring (bicyclic) bond motifs is 1. The van der Waals surface area contributed by atoms with Crippen LogP contribution in [0.4, 0.5) is 11.6 Å². The first kappa shape index (κ1) is 15.6. The molecule has 4 rings (SSSR count). The largest absolute Gasteiger partial charge is 0.342 e. The smallest absolute Gasteiger partial charge is 0.227 e. The molecule has 1 fully saturated rings. The SMILES string of the molecule is Cn1c(N2CCC(C(=O)Nc3cccnc3)CC2)nc2ccccc21. The minimum absolute atomic E-state index is 0.0335. The summed E-state index contributed by atoms with van der Waals surface area (Å²) in [6.07, 6.45) is 5.03. The summed E-state index contributed by atoms with van der Waals surface area (Å²) in [4.78, 5) is 23.5. The fourth-order valence-corrected chi connectivity index (χ4v) is 3.44. The number of hydrogen-bond donors (Lipinski definition) is 1. The lowest BCUT2D eigenvalue weighted by atomic mass is 9.96. The lowest BCUT2D eigenvalue weighted by molar-refractivity contribution is -0.120. The van der Waals surface area contributed by atoms with Gasteiger partial charge in [0.25, 0.3) is 0 Å². The van der Waals surface area contributed by atoms with Crippen molar-refractivity contribution in [2.45, 2.75) is 12.8 Å². The van der Waals surface area contributed by atoms with Crippen LogP contribution < -0.4 is 10.2 Å². The van der Waals surface area contributed by atoms with E-state index >= 15 is 0 Å². The number of imidazole rings is 1. The maximum atomic E-state index is 12.4. The molecule has 0 bridgehead atoms. The Kier molecular flexibility index (Phi) is 4.09. The van der Waals surface area contributed by atoms with E-state index in [1.807, 2.05) is 37.4 Å². The number of pyridine rings is 1. The monoisotopic (exact) mass is 335 g/mol. The Morgan fingerprint density at radius 3 is 2.68 bits per heavy atom. The highest BCUT2D eigenvalue weighted by Crippen LogP contribution is 2.26. The normalized spacial score (nSPS) is 15.5. The van der Waals surface area contributed by atoms with E-state index in [1.165, 1.54) is 0 Å². The second-order valence-electron chi connectivity index (χ2n) is 6.45. The number of aromatic nitrogens is 3. The number of anilines is 2. The number of nitrogens with one attached hydrogen (secondary N) is 1. The quantitative estimate of drug-likeness (QED) is 0.799. The van der Waals surface area contributed by atoms with E-state index in [0.29, 0.717) is 0 Å². The molecule has 0 spiro atoms. The van der Waals surface area contributed by atoms with E-state index in [9.17, 15) is 4.79 Å². The third-order valence-corrected chi connectivity index (χ3v) is 4.84. The summed E-state index contributed by atoms with van der Waals surface area (Å²) in [6, 6.07) is 11.8. The lowest BCUT2D eigenvalue weighted by Crippen LogP contribution is -2.39. The summed E-state index contributed by atoms with van der Waals surface area (Å²) < 4.78 is 2.13. The first-order valence-corrected chi connectivity index (χ1v) is 8.59. The summed E-state index contributed by atoms with van der Waals surface area (Å²) in [5.41, 5.74) is 2.90. The van der Waals surface area contributed by atoms with Crippen LogP contribution in [0.25, 0.3) is 11.0 Å². The summed E-state index contributed by atoms with van der Waals surface area (Å²) in [5.74, 6) is 1.09. The average molecular weight is 335 g/mol. The van der Waals surface area contributed by atoms with Gasteiger partial charge < -0.3 is 14.8 Å². The molecule has 0 saturated carbocycles. The summed E-state index contributed by atoms with van der Waals surface area (Å²) in [5, 5.41) is 2.96. The van der Waals surface area contributed by atoms with Crippen LogP contribution in [0.5, 0.6) is 0 Å². The molecule has 0 atom stereocenters. The van der Waals surface area contributed by atoms with Gasteiger partial charge in [0.2, 0.25) is 11.9 Å². The van der Waals surface area contributed by atoms with Crippen LogP contribution in [-0.2, 0) is 11.8 Å². The molecule has 0 aliphatic carbocycles. The predicted molar refractivity (Wildman–Crippen MR) is 98.5 cm³/mol. The van der Waals surface area contributed by atoms with Gasteiger partial charge in [-0.1, -0.05) is 12.1 Å². The fourth-order valence-electron chi connectivity index (χ4n) is 3.44. The molecule has 1 aliphatic heterocycles. The van der Waals surface area contributed by atoms with Gasteiger partial charge in [-0.05, 0) is 37.1 Å². The van der Waals surface area contributed by atoms with Crippen LogP contribution in [0.3, 0.4) is 0 Å². The Labute approximate surface area is 146 Å². The maximum absolute atomic E-state index is 12.4. The topological polar surface area (TPSA) is 63.1 Å². The second-order valence-corrected chi connectivity index (χ2v) is 6.45. The van der Waals surface area contributed by atoms with Crippen molar-refractivity contribution in [3.05, 3.63) is 48.8 Å². The van der Waals surface area contributed by atoms with Crippen molar-refractivity contribution >= 4 is 28.6 Å². The Balaban J connectivity index is 1.42. The third-order valence-electron chi connectivity index (χ3n) is 4.84. The molecule has 1 amide bonds. The highest BCUT2D eigenvalue weighted by molar-refractivity contribution is 5.92. The molecule has 6 heteroatoms. The molecule has 1 aromatic carbocycles. The number of hydrogen-bond acceptors (Lipinski definition) is 4. The van der Waals surface area contributed by atoms with Crippen LogP contribution in [0, 0.1) is 5.92 Å². The summed E-state index contributed by atoms with van der Waals surface area (Å²) >= 11 is 0. The van der Waals surface area contributed by atoms with E-state index < -0.39 is 0 Å². The molecule has 0 radical (unpaired) electrons. The van der Waals surface area contributed by atoms with E-state index in [2.05, 4.69) is 25.8 Å². The van der Waals surface area contributed by atoms with Crippen molar-refractivity contribution < 1.29 is 4.79 Å². The number of para-hydroxylation sites is 2. The first-order valence-electron chi connectivity index (χ1n) is 8.59. The molecule has 1 aliphatic rings. The van der Waals surface area contributed by atoms with Crippen molar-refractivity contribution in [1.82, 2.24) is 14.5 Å². The molecule has 1 N–H and O–H groups in total. The average Bonchev–Trinajstić information content (AvgIpc) is 3.00. The molecule has 25 heavy (non-hydrogen) atoms. The number of nitrogens with zero attached hydrogens (tertiary/aromatic N) is 4. The van der Waals surface area contributed by atoms with Crippen LogP contribution in [0.15, 0.2) is 48.8 Å². The molecule has 2 aromatic heterocycles. The molecular formula is C19H21N5O. The van der Waals surface area contributed by atoms with Gasteiger partial charge in [0.05, 0.1) is 22.9 Å². The van der Waals surface area contributed by atoms with Crippen molar-refractivity contribution in [3.8, 4) is 0 Å². The van der Waals surface area contributed by atoms with E-state index in [0.717, 1.165) is 48.6 Å². The van der Waals surface area contributed by atoms with Gasteiger partial charge in [-0.15, -0.1) is 0 Å². The molecular weight excluding hydrogens is 314 g/mol. The number of rotatable bonds is 3. The zero-order valence-electron chi connectivity index (χ0n) is 14.2. The van der Waals surface area contributed by atoms with Crippen molar-refractivity contribution in [1.29, 1.82) is 0 Å². The Hall–Kier alpha value is -2.89. The van der Waals surface area contributed by atoms with Crippen molar-refractivity contribution in [3.63, 3.8) is 0 Å². The standard InChI is InChI=1S/C19H21N5O/c1-23-17-7-3-2-6-16(17)22-19(23)24-11-8-14(9-12-24)18(25)21-15-5-4-10-20-13-15/h2-7,10,13-14H,8-9,11-12H2,1H3,(H,21,25). The van der Waals surface area contributed by atoms with Gasteiger partial charge >= 0.3 is 0 Å². The fraction of sp³-hybridized carbons (Fsp3) is 0.316. The minimum atomic E-state index is 0.0335. The Morgan fingerprint density at radius 1 is 1.16 bits per heavy atom. The van der Waals surface area contributed by atoms with E-state index in [1.54, 1.807) is 12.4 Å². The Bertz CT molecular complexity index is 881. The highest BCUT2D eigenvalue weighted by atomic mass is 16.1. The number of benzene rings is 1. The minimum Gasteiger partial charge on any atom is -0.342 e. The van der Waals surface area contributed by atoms with Crippen LogP contribution in [-0.4, -0.2) is 33.5 Å². The van der Waals surface area contributed by atoms with Gasteiger partial charge in [0.15, 0.2) is 0 Å². The maximum Gasteiger partial charge on any atom is 0.227 e. The number of carbonyl (C=O) groups is 1. The van der Waals surface area contributed by atoms with Crippen LogP contribution >= 0.6 is 0 Å². The van der Waals surface area contributed by atoms with E-state index in [-0.39, 0.29) is 11.8 Å². The number of amides is 1. The van der Waals surface area contributed by atoms with Crippen molar-refractivity contribution in [2.75, 3.05) is 23.3 Å². The third kappa shape index (κ3) is 3.07. The second kappa shape index (κ2) is 6.55. The van der Waals surface area contributed by atoms with Gasteiger partial charge in [-0.25, -0.2) is 4.98 Å². The first-order chi connectivity index (χ1) is 12.2. The van der Waals surface area contributed by atoms with E-state index in [4.69, 9.17) is 4.98 Å². The highest BCUT2D eigenvalue weighted by Gasteiger charge is 2.27. The summed E-state index contributed by atoms with van der Waals surface area (Å²) in [6.45, 7) is 1.67. The van der Waals surface area contributed by atoms with Gasteiger partial charge in [0.1, 0.15) is 0 Å². The Morgan fingerprint density at radius 2 is 1.96 bits per heavy atom. The van der Waals surface area contributed by atoms with Crippen LogP contribution in [0.1, 0.15) is 12.8 Å². The molecule has 128 valence electrons. The zero-order valence-corrected chi connectivity index (χ0v) is 14.2. The van der Waals surface area contributed by atoms with Crippen molar-refractivity contribution in [2.24, 2.45) is 13.0 Å². The van der Waals surface area contributed by atoms with Gasteiger partial charge in [0, 0.05) is 32.3 Å².